The highest BCUT2D eigenvalue weighted by Crippen LogP contribution is 2.39. The van der Waals surface area contributed by atoms with E-state index in [1.165, 1.54) is 19.4 Å². The van der Waals surface area contributed by atoms with Gasteiger partial charge in [0.25, 0.3) is 0 Å². The Morgan fingerprint density at radius 1 is 1.18 bits per heavy atom. The smallest absolute Gasteiger partial charge is 0.469 e. The molecule has 2 fully saturated rings. The summed E-state index contributed by atoms with van der Waals surface area (Å²) in [5.74, 6) is -1.13. The lowest BCUT2D eigenvalue weighted by Crippen LogP contribution is -2.57. The van der Waals surface area contributed by atoms with E-state index in [1.54, 1.807) is 6.07 Å². The van der Waals surface area contributed by atoms with Crippen molar-refractivity contribution in [3.8, 4) is 5.75 Å². The van der Waals surface area contributed by atoms with Gasteiger partial charge < -0.3 is 24.0 Å². The van der Waals surface area contributed by atoms with Gasteiger partial charge in [-0.15, -0.1) is 0 Å². The van der Waals surface area contributed by atoms with Gasteiger partial charge in [-0.2, -0.15) is 0 Å². The third kappa shape index (κ3) is 4.66. The first kappa shape index (κ1) is 23.0. The minimum Gasteiger partial charge on any atom is -0.469 e. The normalized spacial score (nSPS) is 21.3. The van der Waals surface area contributed by atoms with Gasteiger partial charge in [0.05, 0.1) is 36.3 Å². The molecule has 1 saturated carbocycles. The number of esters is 1. The number of hydrogen-bond donors (Lipinski definition) is 1. The summed E-state index contributed by atoms with van der Waals surface area (Å²) in [6, 6.07) is 3.13. The second kappa shape index (κ2) is 9.01. The molecule has 33 heavy (non-hydrogen) atoms. The van der Waals surface area contributed by atoms with Crippen molar-refractivity contribution >= 4 is 28.7 Å². The number of carbonyl (C=O) groups is 2. The summed E-state index contributed by atoms with van der Waals surface area (Å²) < 4.78 is 26.5. The Kier molecular flexibility index (Phi) is 6.29. The zero-order valence-corrected chi connectivity index (χ0v) is 18.9. The maximum atomic E-state index is 15.3. The Balaban J connectivity index is 1.67. The molecule has 2 aromatic rings. The average molecular weight is 461 g/mol. The summed E-state index contributed by atoms with van der Waals surface area (Å²) >= 11 is 0. The molecule has 1 N–H and O–H groups in total. The second-order valence-corrected chi connectivity index (χ2v) is 8.82. The van der Waals surface area contributed by atoms with Gasteiger partial charge in [-0.3, -0.25) is 14.5 Å². The molecule has 2 aliphatic rings. The molecule has 178 valence electrons. The minimum atomic E-state index is -1.58. The number of piperazine rings is 1. The van der Waals surface area contributed by atoms with E-state index in [-0.39, 0.29) is 35.2 Å². The molecular formula is C23H28FN3O6. The van der Waals surface area contributed by atoms with Crippen LogP contribution in [0.2, 0.25) is 0 Å². The third-order valence-corrected chi connectivity index (χ3v) is 6.45. The molecule has 1 saturated heterocycles. The van der Waals surface area contributed by atoms with Crippen molar-refractivity contribution in [2.45, 2.75) is 51.2 Å². The van der Waals surface area contributed by atoms with Crippen LogP contribution in [-0.2, 0) is 9.53 Å². The molecule has 4 rings (SSSR count). The van der Waals surface area contributed by atoms with Crippen LogP contribution < -0.4 is 15.1 Å². The van der Waals surface area contributed by atoms with Crippen LogP contribution >= 0.6 is 0 Å². The highest BCUT2D eigenvalue weighted by molar-refractivity contribution is 5.85. The van der Waals surface area contributed by atoms with Crippen molar-refractivity contribution in [2.75, 3.05) is 31.6 Å². The van der Waals surface area contributed by atoms with Crippen LogP contribution in [-0.4, -0.2) is 65.5 Å². The van der Waals surface area contributed by atoms with Crippen molar-refractivity contribution in [2.24, 2.45) is 0 Å². The van der Waals surface area contributed by atoms with Crippen molar-refractivity contribution in [1.82, 2.24) is 9.47 Å². The van der Waals surface area contributed by atoms with E-state index in [0.29, 0.717) is 37.3 Å². The largest absolute Gasteiger partial charge is 0.511 e. The van der Waals surface area contributed by atoms with Crippen molar-refractivity contribution in [1.29, 1.82) is 0 Å². The molecule has 1 aromatic heterocycles. The molecular weight excluding hydrogens is 433 g/mol. The van der Waals surface area contributed by atoms with E-state index in [0.717, 1.165) is 12.8 Å². The molecule has 2 heterocycles. The standard InChI is InChI=1S/C23H28FN3O6/c1-13-10-25(11-14(2)26(13)7-6-21(28)32-3)19-9-18-16(8-17(19)24)22(29)20(33-23(30)31)12-27(18)15-4-5-15/h8-9,12-15H,4-7,10-11H2,1-3H3,(H,30,31). The van der Waals surface area contributed by atoms with Gasteiger partial charge in [0, 0.05) is 37.8 Å². The minimum absolute atomic E-state index is 0.0745. The van der Waals surface area contributed by atoms with Gasteiger partial charge in [0.1, 0.15) is 5.82 Å². The zero-order valence-electron chi connectivity index (χ0n) is 18.9. The fourth-order valence-corrected chi connectivity index (χ4v) is 4.71. The van der Waals surface area contributed by atoms with Crippen LogP contribution in [0.15, 0.2) is 23.1 Å². The van der Waals surface area contributed by atoms with E-state index in [9.17, 15) is 14.4 Å². The number of pyridine rings is 1. The molecule has 0 amide bonds. The highest BCUT2D eigenvalue weighted by Gasteiger charge is 2.32. The van der Waals surface area contributed by atoms with Crippen LogP contribution in [0, 0.1) is 5.82 Å². The van der Waals surface area contributed by atoms with Gasteiger partial charge in [-0.25, -0.2) is 9.18 Å². The van der Waals surface area contributed by atoms with Crippen molar-refractivity contribution < 1.29 is 28.6 Å². The van der Waals surface area contributed by atoms with E-state index in [1.807, 2.05) is 23.3 Å². The number of halogens is 1. The van der Waals surface area contributed by atoms with Gasteiger partial charge in [-0.1, -0.05) is 0 Å². The first-order valence-corrected chi connectivity index (χ1v) is 11.1. The third-order valence-electron chi connectivity index (χ3n) is 6.45. The fourth-order valence-electron chi connectivity index (χ4n) is 4.71. The lowest BCUT2D eigenvalue weighted by molar-refractivity contribution is -0.141. The van der Waals surface area contributed by atoms with Gasteiger partial charge in [-0.05, 0) is 38.8 Å². The Labute approximate surface area is 190 Å². The molecule has 9 nitrogen and oxygen atoms in total. The Bertz CT molecular complexity index is 1130. The average Bonchev–Trinajstić information content (AvgIpc) is 3.59. The summed E-state index contributed by atoms with van der Waals surface area (Å²) in [5.41, 5.74) is 0.309. The Morgan fingerprint density at radius 3 is 2.42 bits per heavy atom. The SMILES string of the molecule is COC(=O)CCN1C(C)CN(c2cc3c(cc2F)c(=O)c(OC(=O)O)cn3C2CC2)CC1C. The maximum absolute atomic E-state index is 15.3. The number of methoxy groups -OCH3 is 1. The molecule has 0 bridgehead atoms. The first-order valence-electron chi connectivity index (χ1n) is 11.1. The first-order chi connectivity index (χ1) is 15.7. The number of hydrogen-bond acceptors (Lipinski definition) is 7. The van der Waals surface area contributed by atoms with Crippen molar-refractivity contribution in [3.05, 3.63) is 34.4 Å². The fraction of sp³-hybridized carbons (Fsp3) is 0.522. The Morgan fingerprint density at radius 2 is 1.85 bits per heavy atom. The topological polar surface area (TPSA) is 101 Å². The van der Waals surface area contributed by atoms with Crippen LogP contribution in [0.3, 0.4) is 0 Å². The number of ether oxygens (including phenoxy) is 2. The molecule has 1 aromatic carbocycles. The highest BCUT2D eigenvalue weighted by atomic mass is 19.1. The summed E-state index contributed by atoms with van der Waals surface area (Å²) in [6.07, 6.45) is 1.91. The number of rotatable bonds is 6. The number of carbonyl (C=O) groups excluding carboxylic acids is 1. The number of carboxylic acid groups (broad SMARTS) is 1. The number of fused-ring (bicyclic) bond motifs is 1. The summed E-state index contributed by atoms with van der Waals surface area (Å²) in [6.45, 7) is 5.75. The number of nitrogens with zero attached hydrogens (tertiary/aromatic N) is 3. The van der Waals surface area contributed by atoms with Crippen LogP contribution in [0.5, 0.6) is 5.75 Å². The zero-order chi connectivity index (χ0) is 23.9. The molecule has 10 heteroatoms. The van der Waals surface area contributed by atoms with Crippen molar-refractivity contribution in [3.63, 3.8) is 0 Å². The van der Waals surface area contributed by atoms with Gasteiger partial charge >= 0.3 is 12.1 Å². The lowest BCUT2D eigenvalue weighted by atomic mass is 10.1. The van der Waals surface area contributed by atoms with E-state index in [4.69, 9.17) is 9.84 Å². The van der Waals surface area contributed by atoms with E-state index >= 15 is 4.39 Å². The quantitative estimate of drug-likeness (QED) is 0.656. The molecule has 1 aliphatic carbocycles. The summed E-state index contributed by atoms with van der Waals surface area (Å²) in [5, 5.41) is 9.05. The predicted octanol–water partition coefficient (Wildman–Crippen LogP) is 2.99. The van der Waals surface area contributed by atoms with Crippen LogP contribution in [0.25, 0.3) is 10.9 Å². The molecule has 2 atom stereocenters. The number of anilines is 1. The van der Waals surface area contributed by atoms with Crippen LogP contribution in [0.1, 0.15) is 39.2 Å². The lowest BCUT2D eigenvalue weighted by Gasteiger charge is -2.45. The Hall–Kier alpha value is -3.14. The molecule has 0 radical (unpaired) electrons. The monoisotopic (exact) mass is 461 g/mol. The van der Waals surface area contributed by atoms with Gasteiger partial charge in [0.2, 0.25) is 5.43 Å². The van der Waals surface area contributed by atoms with Gasteiger partial charge in [0.15, 0.2) is 5.75 Å². The van der Waals surface area contributed by atoms with E-state index < -0.39 is 17.4 Å². The maximum Gasteiger partial charge on any atom is 0.511 e. The van der Waals surface area contributed by atoms with E-state index in [2.05, 4.69) is 9.64 Å². The summed E-state index contributed by atoms with van der Waals surface area (Å²) in [7, 11) is 1.37. The van der Waals surface area contributed by atoms with Crippen LogP contribution in [0.4, 0.5) is 14.9 Å². The molecule has 1 aliphatic heterocycles. The second-order valence-electron chi connectivity index (χ2n) is 8.82. The molecule has 2 unspecified atom stereocenters. The predicted molar refractivity (Wildman–Crippen MR) is 120 cm³/mol. The molecule has 0 spiro atoms. The number of aromatic nitrogens is 1. The number of benzene rings is 1. The summed E-state index contributed by atoms with van der Waals surface area (Å²) in [4.78, 5) is 39.5.